The third-order valence-corrected chi connectivity index (χ3v) is 8.75. The van der Waals surface area contributed by atoms with E-state index in [1.807, 2.05) is 33.8 Å². The first-order chi connectivity index (χ1) is 19.0. The minimum Gasteiger partial charge on any atom is -0.490 e. The zero-order valence-corrected chi connectivity index (χ0v) is 21.7. The summed E-state index contributed by atoms with van der Waals surface area (Å²) in [5.74, 6) is 1.07. The van der Waals surface area contributed by atoms with Crippen molar-refractivity contribution in [1.82, 2.24) is 20.1 Å². The fraction of sp³-hybridized carbons (Fsp3) is 0.367. The number of carbonyl (C=O) groups is 1. The molecule has 4 aliphatic rings. The quantitative estimate of drug-likeness (QED) is 0.442. The van der Waals surface area contributed by atoms with E-state index in [4.69, 9.17) is 15.6 Å². The lowest BCUT2D eigenvalue weighted by molar-refractivity contribution is -0.128. The molecular weight excluding hydrogens is 492 g/mol. The van der Waals surface area contributed by atoms with Crippen LogP contribution in [-0.2, 0) is 17.6 Å². The Bertz CT molecular complexity index is 1470. The van der Waals surface area contributed by atoms with Crippen LogP contribution in [0.3, 0.4) is 0 Å². The standard InChI is InChI=1S/C30H32N6O3/c1-2-24(37)35-13-5-12-30(17-35)16-23(30)36-27-25(28(31)32-33-29(27)38)26(34-36)18-8-10-21(11-9-18)39-22-14-19-6-3-4-7-20(19)15-22/h2-4,6-11,22-23,29,33,38H,1,5,12-17H2,(H2,31,32). The lowest BCUT2D eigenvalue weighted by Gasteiger charge is -2.33. The van der Waals surface area contributed by atoms with Crippen molar-refractivity contribution in [2.75, 3.05) is 13.1 Å². The van der Waals surface area contributed by atoms with E-state index in [-0.39, 0.29) is 23.5 Å². The molecule has 4 N–H and O–H groups in total. The van der Waals surface area contributed by atoms with E-state index in [1.54, 1.807) is 0 Å². The molecule has 1 saturated carbocycles. The van der Waals surface area contributed by atoms with Gasteiger partial charge in [0.05, 0.1) is 11.6 Å². The van der Waals surface area contributed by atoms with Crippen molar-refractivity contribution in [2.24, 2.45) is 16.3 Å². The smallest absolute Gasteiger partial charge is 0.245 e. The van der Waals surface area contributed by atoms with E-state index in [9.17, 15) is 9.90 Å². The number of aliphatic hydroxyl groups excluding tert-OH is 1. The Morgan fingerprint density at radius 1 is 1.18 bits per heavy atom. The molecule has 1 spiro atoms. The van der Waals surface area contributed by atoms with Crippen LogP contribution in [0, 0.1) is 5.41 Å². The highest BCUT2D eigenvalue weighted by Gasteiger charge is 2.59. The maximum atomic E-state index is 12.3. The monoisotopic (exact) mass is 524 g/mol. The molecule has 1 saturated heterocycles. The first kappa shape index (κ1) is 24.0. The van der Waals surface area contributed by atoms with E-state index < -0.39 is 6.23 Å². The Hall–Kier alpha value is -4.11. The number of hydrogen-bond acceptors (Lipinski definition) is 7. The number of aliphatic hydroxyl groups is 1. The molecule has 3 heterocycles. The van der Waals surface area contributed by atoms with Crippen molar-refractivity contribution in [2.45, 2.75) is 50.5 Å². The molecule has 9 nitrogen and oxygen atoms in total. The predicted molar refractivity (Wildman–Crippen MR) is 147 cm³/mol. The van der Waals surface area contributed by atoms with Gasteiger partial charge in [0.2, 0.25) is 5.91 Å². The van der Waals surface area contributed by atoms with Crippen molar-refractivity contribution in [1.29, 1.82) is 0 Å². The van der Waals surface area contributed by atoms with Gasteiger partial charge in [0.1, 0.15) is 23.2 Å². The predicted octanol–water partition coefficient (Wildman–Crippen LogP) is 3.05. The number of ether oxygens (including phenoxy) is 1. The Balaban J connectivity index is 1.17. The summed E-state index contributed by atoms with van der Waals surface area (Å²) in [7, 11) is 0. The summed E-state index contributed by atoms with van der Waals surface area (Å²) in [6.45, 7) is 5.06. The summed E-state index contributed by atoms with van der Waals surface area (Å²) in [5.41, 5.74) is 14.5. The molecule has 0 radical (unpaired) electrons. The van der Waals surface area contributed by atoms with Crippen LogP contribution in [0.15, 0.2) is 66.3 Å². The highest BCUT2D eigenvalue weighted by Crippen LogP contribution is 2.62. The van der Waals surface area contributed by atoms with Crippen LogP contribution in [0.1, 0.15) is 53.9 Å². The average Bonchev–Trinajstić information content (AvgIpc) is 3.28. The molecule has 3 unspecified atom stereocenters. The summed E-state index contributed by atoms with van der Waals surface area (Å²) in [5, 5.41) is 20.1. The van der Waals surface area contributed by atoms with Crippen LogP contribution >= 0.6 is 0 Å². The summed E-state index contributed by atoms with van der Waals surface area (Å²) < 4.78 is 8.23. The second-order valence-corrected chi connectivity index (χ2v) is 11.2. The number of carbonyl (C=O) groups excluding carboxylic acids is 1. The second kappa shape index (κ2) is 8.98. The second-order valence-electron chi connectivity index (χ2n) is 11.2. The van der Waals surface area contributed by atoms with Crippen LogP contribution in [0.2, 0.25) is 0 Å². The third-order valence-electron chi connectivity index (χ3n) is 8.75. The first-order valence-electron chi connectivity index (χ1n) is 13.6. The van der Waals surface area contributed by atoms with Gasteiger partial charge in [-0.15, -0.1) is 0 Å². The van der Waals surface area contributed by atoms with Gasteiger partial charge in [-0.25, -0.2) is 0 Å². The Labute approximate surface area is 226 Å². The minimum atomic E-state index is -1.02. The van der Waals surface area contributed by atoms with Crippen LogP contribution in [0.5, 0.6) is 5.75 Å². The third kappa shape index (κ3) is 3.99. The van der Waals surface area contributed by atoms with Gasteiger partial charge in [-0.3, -0.25) is 14.9 Å². The number of likely N-dealkylation sites (tertiary alicyclic amines) is 1. The van der Waals surface area contributed by atoms with E-state index in [1.165, 1.54) is 17.2 Å². The van der Waals surface area contributed by atoms with Crippen molar-refractivity contribution in [3.8, 4) is 17.0 Å². The highest BCUT2D eigenvalue weighted by atomic mass is 16.5. The zero-order valence-electron chi connectivity index (χ0n) is 21.7. The average molecular weight is 525 g/mol. The van der Waals surface area contributed by atoms with Gasteiger partial charge in [-0.2, -0.15) is 10.2 Å². The summed E-state index contributed by atoms with van der Waals surface area (Å²) >= 11 is 0. The van der Waals surface area contributed by atoms with E-state index in [0.29, 0.717) is 29.3 Å². The number of aromatic nitrogens is 2. The molecule has 1 aromatic heterocycles. The molecule has 1 amide bonds. The fourth-order valence-corrected chi connectivity index (χ4v) is 6.72. The van der Waals surface area contributed by atoms with Crippen LogP contribution in [0.25, 0.3) is 11.3 Å². The van der Waals surface area contributed by atoms with Gasteiger partial charge in [-0.05, 0) is 60.7 Å². The van der Waals surface area contributed by atoms with E-state index >= 15 is 0 Å². The molecule has 2 aromatic carbocycles. The molecule has 2 fully saturated rings. The topological polar surface area (TPSA) is 118 Å². The number of fused-ring (bicyclic) bond motifs is 2. The summed E-state index contributed by atoms with van der Waals surface area (Å²) in [4.78, 5) is 14.2. The molecule has 3 aromatic rings. The van der Waals surface area contributed by atoms with E-state index in [2.05, 4.69) is 41.4 Å². The molecule has 7 rings (SSSR count). The lowest BCUT2D eigenvalue weighted by atomic mass is 9.94. The first-order valence-corrected chi connectivity index (χ1v) is 13.6. The molecule has 2 aliphatic heterocycles. The van der Waals surface area contributed by atoms with Gasteiger partial charge < -0.3 is 20.5 Å². The van der Waals surface area contributed by atoms with Crippen molar-refractivity contribution >= 4 is 11.7 Å². The highest BCUT2D eigenvalue weighted by molar-refractivity contribution is 6.04. The van der Waals surface area contributed by atoms with Gasteiger partial charge in [0, 0.05) is 36.9 Å². The molecule has 0 bridgehead atoms. The van der Waals surface area contributed by atoms with E-state index in [0.717, 1.165) is 50.0 Å². The number of hydrogen-bond donors (Lipinski definition) is 3. The van der Waals surface area contributed by atoms with Crippen molar-refractivity contribution in [3.05, 3.63) is 83.6 Å². The fourth-order valence-electron chi connectivity index (χ4n) is 6.72. The lowest BCUT2D eigenvalue weighted by Crippen LogP contribution is -2.41. The number of rotatable bonds is 5. The number of nitrogens with one attached hydrogen (secondary N) is 1. The van der Waals surface area contributed by atoms with Gasteiger partial charge >= 0.3 is 0 Å². The Morgan fingerprint density at radius 3 is 2.64 bits per heavy atom. The summed E-state index contributed by atoms with van der Waals surface area (Å²) in [6, 6.07) is 16.5. The Kier molecular flexibility index (Phi) is 5.52. The Morgan fingerprint density at radius 2 is 1.92 bits per heavy atom. The molecule has 200 valence electrons. The number of amidine groups is 1. The maximum Gasteiger partial charge on any atom is 0.245 e. The number of piperidine rings is 1. The summed E-state index contributed by atoms with van der Waals surface area (Å²) in [6.07, 6.45) is 5.14. The molecule has 3 atom stereocenters. The number of nitrogens with zero attached hydrogens (tertiary/aromatic N) is 4. The van der Waals surface area contributed by atoms with Crippen molar-refractivity contribution in [3.63, 3.8) is 0 Å². The van der Waals surface area contributed by atoms with Crippen molar-refractivity contribution < 1.29 is 14.6 Å². The molecule has 9 heteroatoms. The van der Waals surface area contributed by atoms with Gasteiger partial charge in [0.15, 0.2) is 12.1 Å². The molecule has 2 aliphatic carbocycles. The SMILES string of the molecule is C=CC(=O)N1CCCC2(CC2n2nc(-c3ccc(OC4Cc5ccccc5C4)cc3)c3c2C(O)NN=C3N)C1. The van der Waals surface area contributed by atoms with Crippen LogP contribution in [0.4, 0.5) is 0 Å². The van der Waals surface area contributed by atoms with Gasteiger partial charge in [-0.1, -0.05) is 30.8 Å². The maximum absolute atomic E-state index is 12.3. The number of benzene rings is 2. The van der Waals surface area contributed by atoms with Crippen LogP contribution in [-0.4, -0.2) is 50.7 Å². The zero-order chi connectivity index (χ0) is 26.7. The number of nitrogens with two attached hydrogens (primary N) is 1. The van der Waals surface area contributed by atoms with Gasteiger partial charge in [0.25, 0.3) is 0 Å². The number of hydrazone groups is 1. The number of amides is 1. The molecular formula is C30H32N6O3. The van der Waals surface area contributed by atoms with Crippen LogP contribution < -0.4 is 15.9 Å². The largest absolute Gasteiger partial charge is 0.490 e. The minimum absolute atomic E-state index is 0.0372. The normalized spacial score (nSPS) is 25.5. The molecule has 39 heavy (non-hydrogen) atoms.